The summed E-state index contributed by atoms with van der Waals surface area (Å²) in [6.45, 7) is 1.71. The van der Waals surface area contributed by atoms with Crippen molar-refractivity contribution >= 4 is 21.7 Å². The Morgan fingerprint density at radius 2 is 1.88 bits per heavy atom. The lowest BCUT2D eigenvalue weighted by Crippen LogP contribution is -2.20. The standard InChI is InChI=1S/C10H10N2O4S/c1-6-9(10(13)12-11-6)7-2-4-8(5-3-7)17(14,15)16/h2-5,9H,1H3,(H,12,13)(H,14,15,16). The SMILES string of the molecule is CC1=NNC(=O)C1c1ccc(S(=O)(=O)O)cc1. The van der Waals surface area contributed by atoms with Gasteiger partial charge in [-0.15, -0.1) is 0 Å². The topological polar surface area (TPSA) is 95.8 Å². The van der Waals surface area contributed by atoms with E-state index < -0.39 is 16.0 Å². The van der Waals surface area contributed by atoms with Crippen LogP contribution in [0.5, 0.6) is 0 Å². The van der Waals surface area contributed by atoms with Crippen molar-refractivity contribution in [3.05, 3.63) is 29.8 Å². The smallest absolute Gasteiger partial charge is 0.282 e. The van der Waals surface area contributed by atoms with Gasteiger partial charge in [0.1, 0.15) is 5.92 Å². The van der Waals surface area contributed by atoms with Crippen LogP contribution in [-0.2, 0) is 14.9 Å². The summed E-state index contributed by atoms with van der Waals surface area (Å²) in [4.78, 5) is 11.3. The minimum atomic E-state index is -4.20. The van der Waals surface area contributed by atoms with Gasteiger partial charge in [-0.3, -0.25) is 9.35 Å². The molecule has 0 fully saturated rings. The number of hydrogen-bond acceptors (Lipinski definition) is 4. The second-order valence-electron chi connectivity index (χ2n) is 3.71. The van der Waals surface area contributed by atoms with Gasteiger partial charge in [0.05, 0.1) is 10.6 Å². The average Bonchev–Trinajstić information content (AvgIpc) is 2.58. The molecule has 2 N–H and O–H groups in total. The van der Waals surface area contributed by atoms with Gasteiger partial charge in [-0.25, -0.2) is 5.43 Å². The van der Waals surface area contributed by atoms with Crippen molar-refractivity contribution in [2.75, 3.05) is 0 Å². The molecule has 7 heteroatoms. The van der Waals surface area contributed by atoms with Crippen LogP contribution in [0, 0.1) is 0 Å². The first-order valence-corrected chi connectivity index (χ1v) is 6.25. The molecule has 1 aliphatic heterocycles. The molecule has 0 saturated heterocycles. The van der Waals surface area contributed by atoms with E-state index in [1.54, 1.807) is 6.92 Å². The van der Waals surface area contributed by atoms with E-state index >= 15 is 0 Å². The molecular formula is C10H10N2O4S. The number of nitrogens with zero attached hydrogens (tertiary/aromatic N) is 1. The number of benzene rings is 1. The first kappa shape index (κ1) is 11.7. The summed E-state index contributed by atoms with van der Waals surface area (Å²) in [6.07, 6.45) is 0. The average molecular weight is 254 g/mol. The van der Waals surface area contributed by atoms with Gasteiger partial charge in [-0.1, -0.05) is 12.1 Å². The molecule has 1 aromatic rings. The first-order valence-electron chi connectivity index (χ1n) is 4.81. The fourth-order valence-electron chi connectivity index (χ4n) is 1.69. The summed E-state index contributed by atoms with van der Waals surface area (Å²) in [6, 6.07) is 5.47. The molecule has 0 saturated carbocycles. The van der Waals surface area contributed by atoms with Gasteiger partial charge in [0, 0.05) is 0 Å². The second kappa shape index (κ2) is 3.94. The zero-order valence-corrected chi connectivity index (χ0v) is 9.73. The zero-order valence-electron chi connectivity index (χ0n) is 8.91. The van der Waals surface area contributed by atoms with Crippen molar-refractivity contribution in [1.82, 2.24) is 5.43 Å². The fraction of sp³-hybridized carbons (Fsp3) is 0.200. The third kappa shape index (κ3) is 2.20. The number of carbonyl (C=O) groups is 1. The molecule has 2 rings (SSSR count). The molecule has 1 aliphatic rings. The van der Waals surface area contributed by atoms with E-state index in [2.05, 4.69) is 10.5 Å². The van der Waals surface area contributed by atoms with E-state index in [1.165, 1.54) is 24.3 Å². The van der Waals surface area contributed by atoms with Crippen molar-refractivity contribution in [3.63, 3.8) is 0 Å². The maximum absolute atomic E-state index is 11.5. The van der Waals surface area contributed by atoms with Gasteiger partial charge in [-0.05, 0) is 24.6 Å². The van der Waals surface area contributed by atoms with Crippen LogP contribution in [0.3, 0.4) is 0 Å². The van der Waals surface area contributed by atoms with Crippen molar-refractivity contribution in [2.45, 2.75) is 17.7 Å². The molecule has 0 radical (unpaired) electrons. The number of hydrazone groups is 1. The molecular weight excluding hydrogens is 244 g/mol. The Hall–Kier alpha value is -1.73. The molecule has 0 aromatic heterocycles. The highest BCUT2D eigenvalue weighted by molar-refractivity contribution is 7.85. The Morgan fingerprint density at radius 1 is 1.29 bits per heavy atom. The fourth-order valence-corrected chi connectivity index (χ4v) is 2.17. The van der Waals surface area contributed by atoms with Gasteiger partial charge in [0.2, 0.25) is 0 Å². The minimum Gasteiger partial charge on any atom is -0.282 e. The highest BCUT2D eigenvalue weighted by atomic mass is 32.2. The zero-order chi connectivity index (χ0) is 12.6. The molecule has 1 atom stereocenters. The van der Waals surface area contributed by atoms with E-state index in [1.807, 2.05) is 0 Å². The van der Waals surface area contributed by atoms with Crippen LogP contribution in [-0.4, -0.2) is 24.6 Å². The predicted molar refractivity (Wildman–Crippen MR) is 60.2 cm³/mol. The highest BCUT2D eigenvalue weighted by Crippen LogP contribution is 2.22. The third-order valence-electron chi connectivity index (χ3n) is 2.53. The summed E-state index contributed by atoms with van der Waals surface area (Å²) in [5.41, 5.74) is 3.60. The Bertz CT molecular complexity index is 589. The normalized spacial score (nSPS) is 20.0. The third-order valence-corrected chi connectivity index (χ3v) is 3.40. The summed E-state index contributed by atoms with van der Waals surface area (Å²) in [5, 5.41) is 3.80. The Morgan fingerprint density at radius 3 is 2.29 bits per heavy atom. The van der Waals surface area contributed by atoms with Crippen LogP contribution < -0.4 is 5.43 Å². The van der Waals surface area contributed by atoms with E-state index in [4.69, 9.17) is 4.55 Å². The van der Waals surface area contributed by atoms with E-state index in [0.29, 0.717) is 11.3 Å². The Labute approximate surface area is 98.1 Å². The van der Waals surface area contributed by atoms with Crippen molar-refractivity contribution in [3.8, 4) is 0 Å². The van der Waals surface area contributed by atoms with Crippen LogP contribution in [0.4, 0.5) is 0 Å². The highest BCUT2D eigenvalue weighted by Gasteiger charge is 2.28. The Balaban J connectivity index is 2.37. The maximum atomic E-state index is 11.5. The molecule has 90 valence electrons. The summed E-state index contributed by atoms with van der Waals surface area (Å²) in [5.74, 6) is -0.743. The largest absolute Gasteiger partial charge is 0.294 e. The molecule has 0 spiro atoms. The number of carbonyl (C=O) groups excluding carboxylic acids is 1. The van der Waals surface area contributed by atoms with E-state index in [-0.39, 0.29) is 10.8 Å². The van der Waals surface area contributed by atoms with Gasteiger partial charge in [-0.2, -0.15) is 13.5 Å². The van der Waals surface area contributed by atoms with Crippen LogP contribution in [0.2, 0.25) is 0 Å². The van der Waals surface area contributed by atoms with E-state index in [9.17, 15) is 13.2 Å². The predicted octanol–water partition coefficient (Wildman–Crippen LogP) is 0.523. The molecule has 1 unspecified atom stereocenters. The van der Waals surface area contributed by atoms with Crippen LogP contribution in [0.15, 0.2) is 34.3 Å². The molecule has 1 amide bonds. The number of rotatable bonds is 2. The lowest BCUT2D eigenvalue weighted by molar-refractivity contribution is -0.120. The van der Waals surface area contributed by atoms with E-state index in [0.717, 1.165) is 0 Å². The first-order chi connectivity index (χ1) is 7.89. The van der Waals surface area contributed by atoms with Gasteiger partial charge in [0.25, 0.3) is 16.0 Å². The van der Waals surface area contributed by atoms with Crippen LogP contribution in [0.1, 0.15) is 18.4 Å². The minimum absolute atomic E-state index is 0.200. The number of hydrogen-bond donors (Lipinski definition) is 2. The van der Waals surface area contributed by atoms with Crippen LogP contribution in [0.25, 0.3) is 0 Å². The monoisotopic (exact) mass is 254 g/mol. The molecule has 17 heavy (non-hydrogen) atoms. The van der Waals surface area contributed by atoms with Crippen LogP contribution >= 0.6 is 0 Å². The Kier molecular flexibility index (Phi) is 2.72. The lowest BCUT2D eigenvalue weighted by atomic mass is 9.95. The summed E-state index contributed by atoms with van der Waals surface area (Å²) >= 11 is 0. The quantitative estimate of drug-likeness (QED) is 0.752. The molecule has 1 aromatic carbocycles. The maximum Gasteiger partial charge on any atom is 0.294 e. The summed E-state index contributed by atoms with van der Waals surface area (Å²) < 4.78 is 30.5. The molecule has 1 heterocycles. The molecule has 6 nitrogen and oxygen atoms in total. The van der Waals surface area contributed by atoms with Gasteiger partial charge < -0.3 is 0 Å². The van der Waals surface area contributed by atoms with Crippen molar-refractivity contribution in [2.24, 2.45) is 5.10 Å². The second-order valence-corrected chi connectivity index (χ2v) is 5.13. The van der Waals surface area contributed by atoms with Gasteiger partial charge in [0.15, 0.2) is 0 Å². The number of amides is 1. The van der Waals surface area contributed by atoms with Gasteiger partial charge >= 0.3 is 0 Å². The van der Waals surface area contributed by atoms with Crippen molar-refractivity contribution < 1.29 is 17.8 Å². The lowest BCUT2D eigenvalue weighted by Gasteiger charge is -2.08. The molecule has 0 bridgehead atoms. The summed E-state index contributed by atoms with van der Waals surface area (Å²) in [7, 11) is -4.20. The molecule has 0 aliphatic carbocycles. The van der Waals surface area contributed by atoms with Crippen molar-refractivity contribution in [1.29, 1.82) is 0 Å². The number of nitrogens with one attached hydrogen (secondary N) is 1.